The lowest BCUT2D eigenvalue weighted by atomic mass is 10.1. The summed E-state index contributed by atoms with van der Waals surface area (Å²) >= 11 is 5.93. The van der Waals surface area contributed by atoms with E-state index >= 15 is 0 Å². The standard InChI is InChI=1S/C26H29ClN2O4S/c1-3-33-24-15-13-23(14-16-24)29(34(31,32)25-17-11-22(27)12-18-25)19-26(30)28-20(2)9-10-21-7-5-4-6-8-21/h4-8,11-18,20H,3,9-10,19H2,1-2H3,(H,28,30)/t20-/m0/s1. The van der Waals surface area contributed by atoms with Crippen LogP contribution in [0.2, 0.25) is 5.02 Å². The number of carbonyl (C=O) groups excluding carboxylic acids is 1. The van der Waals surface area contributed by atoms with Gasteiger partial charge in [0.25, 0.3) is 10.0 Å². The second-order valence-electron chi connectivity index (χ2n) is 7.89. The third-order valence-electron chi connectivity index (χ3n) is 5.24. The number of anilines is 1. The second-order valence-corrected chi connectivity index (χ2v) is 10.2. The van der Waals surface area contributed by atoms with Crippen LogP contribution < -0.4 is 14.4 Å². The normalized spacial score (nSPS) is 12.1. The van der Waals surface area contributed by atoms with Gasteiger partial charge in [-0.15, -0.1) is 0 Å². The molecule has 0 aliphatic rings. The zero-order valence-electron chi connectivity index (χ0n) is 19.3. The van der Waals surface area contributed by atoms with Gasteiger partial charge >= 0.3 is 0 Å². The molecular formula is C26H29ClN2O4S. The fraction of sp³-hybridized carbons (Fsp3) is 0.269. The fourth-order valence-corrected chi connectivity index (χ4v) is 5.02. The van der Waals surface area contributed by atoms with E-state index in [-0.39, 0.29) is 23.4 Å². The number of benzene rings is 3. The SMILES string of the molecule is CCOc1ccc(N(CC(=O)N[C@@H](C)CCc2ccccc2)S(=O)(=O)c2ccc(Cl)cc2)cc1. The molecule has 3 rings (SSSR count). The molecule has 3 aromatic rings. The van der Waals surface area contributed by atoms with Gasteiger partial charge in [-0.3, -0.25) is 9.10 Å². The van der Waals surface area contributed by atoms with Crippen LogP contribution in [0.1, 0.15) is 25.8 Å². The summed E-state index contributed by atoms with van der Waals surface area (Å²) in [6, 6.07) is 22.4. The maximum absolute atomic E-state index is 13.5. The van der Waals surface area contributed by atoms with E-state index < -0.39 is 10.0 Å². The molecule has 0 heterocycles. The highest BCUT2D eigenvalue weighted by atomic mass is 35.5. The third kappa shape index (κ3) is 6.98. The predicted octanol–water partition coefficient (Wildman–Crippen LogP) is 5.07. The highest BCUT2D eigenvalue weighted by Gasteiger charge is 2.27. The molecule has 0 unspecified atom stereocenters. The van der Waals surface area contributed by atoms with Crippen LogP contribution in [0.5, 0.6) is 5.75 Å². The molecule has 0 bridgehead atoms. The molecule has 1 amide bonds. The number of carbonyl (C=O) groups is 1. The third-order valence-corrected chi connectivity index (χ3v) is 7.28. The zero-order chi connectivity index (χ0) is 24.6. The summed E-state index contributed by atoms with van der Waals surface area (Å²) in [5, 5.41) is 3.35. The Bertz CT molecular complexity index is 1170. The number of hydrogen-bond donors (Lipinski definition) is 1. The number of nitrogens with one attached hydrogen (secondary N) is 1. The topological polar surface area (TPSA) is 75.7 Å². The van der Waals surface area contributed by atoms with E-state index in [1.165, 1.54) is 29.8 Å². The Labute approximate surface area is 206 Å². The minimum absolute atomic E-state index is 0.0516. The highest BCUT2D eigenvalue weighted by molar-refractivity contribution is 7.92. The van der Waals surface area contributed by atoms with Crippen molar-refractivity contribution in [3.8, 4) is 5.75 Å². The van der Waals surface area contributed by atoms with Crippen molar-refractivity contribution in [2.24, 2.45) is 0 Å². The van der Waals surface area contributed by atoms with Gasteiger partial charge < -0.3 is 10.1 Å². The van der Waals surface area contributed by atoms with Crippen molar-refractivity contribution in [2.45, 2.75) is 37.6 Å². The van der Waals surface area contributed by atoms with Crippen LogP contribution in [0.15, 0.2) is 83.8 Å². The van der Waals surface area contributed by atoms with E-state index in [0.717, 1.165) is 17.1 Å². The lowest BCUT2D eigenvalue weighted by Crippen LogP contribution is -2.43. The monoisotopic (exact) mass is 500 g/mol. The van der Waals surface area contributed by atoms with Crippen LogP contribution in [-0.2, 0) is 21.2 Å². The van der Waals surface area contributed by atoms with Gasteiger partial charge in [0.15, 0.2) is 0 Å². The highest BCUT2D eigenvalue weighted by Crippen LogP contribution is 2.26. The Balaban J connectivity index is 1.77. The van der Waals surface area contributed by atoms with Gasteiger partial charge in [0.05, 0.1) is 17.2 Å². The quantitative estimate of drug-likeness (QED) is 0.398. The van der Waals surface area contributed by atoms with E-state index in [1.54, 1.807) is 24.3 Å². The van der Waals surface area contributed by atoms with Gasteiger partial charge in [-0.1, -0.05) is 41.9 Å². The summed E-state index contributed by atoms with van der Waals surface area (Å²) in [5.74, 6) is 0.237. The molecule has 0 saturated carbocycles. The Hall–Kier alpha value is -3.03. The molecule has 0 radical (unpaired) electrons. The van der Waals surface area contributed by atoms with Crippen LogP contribution in [0.3, 0.4) is 0 Å². The van der Waals surface area contributed by atoms with Crippen molar-refractivity contribution in [3.63, 3.8) is 0 Å². The first-order valence-electron chi connectivity index (χ1n) is 11.1. The number of sulfonamides is 1. The molecular weight excluding hydrogens is 472 g/mol. The van der Waals surface area contributed by atoms with Crippen LogP contribution in [0.25, 0.3) is 0 Å². The smallest absolute Gasteiger partial charge is 0.264 e. The first-order valence-corrected chi connectivity index (χ1v) is 13.0. The predicted molar refractivity (Wildman–Crippen MR) is 136 cm³/mol. The van der Waals surface area contributed by atoms with Crippen LogP contribution in [0.4, 0.5) is 5.69 Å². The molecule has 0 aromatic heterocycles. The number of halogens is 1. The van der Waals surface area contributed by atoms with Crippen molar-refractivity contribution >= 4 is 33.2 Å². The molecule has 0 saturated heterocycles. The number of amides is 1. The number of ether oxygens (including phenoxy) is 1. The van der Waals surface area contributed by atoms with Gasteiger partial charge in [0.2, 0.25) is 5.91 Å². The lowest BCUT2D eigenvalue weighted by molar-refractivity contribution is -0.120. The zero-order valence-corrected chi connectivity index (χ0v) is 20.9. The van der Waals surface area contributed by atoms with Gasteiger partial charge in [-0.25, -0.2) is 8.42 Å². The second kappa shape index (κ2) is 11.9. The van der Waals surface area contributed by atoms with Crippen molar-refractivity contribution < 1.29 is 17.9 Å². The Morgan fingerprint density at radius 3 is 2.26 bits per heavy atom. The summed E-state index contributed by atoms with van der Waals surface area (Å²) in [4.78, 5) is 12.9. The summed E-state index contributed by atoms with van der Waals surface area (Å²) in [5.41, 5.74) is 1.55. The Morgan fingerprint density at radius 2 is 1.65 bits per heavy atom. The van der Waals surface area contributed by atoms with E-state index in [2.05, 4.69) is 5.32 Å². The molecule has 0 aliphatic heterocycles. The first kappa shape index (κ1) is 25.6. The Morgan fingerprint density at radius 1 is 1.00 bits per heavy atom. The summed E-state index contributed by atoms with van der Waals surface area (Å²) < 4.78 is 33.5. The number of aryl methyl sites for hydroxylation is 1. The molecule has 1 atom stereocenters. The average molecular weight is 501 g/mol. The van der Waals surface area contributed by atoms with Gasteiger partial charge in [0, 0.05) is 11.1 Å². The molecule has 1 N–H and O–H groups in total. The van der Waals surface area contributed by atoms with E-state index in [9.17, 15) is 13.2 Å². The largest absolute Gasteiger partial charge is 0.494 e. The number of rotatable bonds is 11. The molecule has 6 nitrogen and oxygen atoms in total. The molecule has 0 fully saturated rings. The van der Waals surface area contributed by atoms with Crippen molar-refractivity contribution in [2.75, 3.05) is 17.5 Å². The maximum Gasteiger partial charge on any atom is 0.264 e. The molecule has 0 spiro atoms. The van der Waals surface area contributed by atoms with Gasteiger partial charge in [0.1, 0.15) is 12.3 Å². The number of hydrogen-bond acceptors (Lipinski definition) is 4. The minimum Gasteiger partial charge on any atom is -0.494 e. The van der Waals surface area contributed by atoms with E-state index in [0.29, 0.717) is 23.1 Å². The van der Waals surface area contributed by atoms with Gasteiger partial charge in [-0.2, -0.15) is 0 Å². The molecule has 3 aromatic carbocycles. The van der Waals surface area contributed by atoms with Crippen molar-refractivity contribution in [1.82, 2.24) is 5.32 Å². The number of nitrogens with zero attached hydrogens (tertiary/aromatic N) is 1. The average Bonchev–Trinajstić information content (AvgIpc) is 2.83. The molecule has 34 heavy (non-hydrogen) atoms. The summed E-state index contributed by atoms with van der Waals surface area (Å²) in [6.45, 7) is 3.92. The molecule has 180 valence electrons. The summed E-state index contributed by atoms with van der Waals surface area (Å²) in [7, 11) is -4.01. The van der Waals surface area contributed by atoms with Crippen LogP contribution in [0, 0.1) is 0 Å². The van der Waals surface area contributed by atoms with E-state index in [4.69, 9.17) is 16.3 Å². The molecule has 0 aliphatic carbocycles. The van der Waals surface area contributed by atoms with Crippen LogP contribution in [-0.4, -0.2) is 33.5 Å². The van der Waals surface area contributed by atoms with Crippen LogP contribution >= 0.6 is 11.6 Å². The van der Waals surface area contributed by atoms with Gasteiger partial charge in [-0.05, 0) is 80.8 Å². The summed E-state index contributed by atoms with van der Waals surface area (Å²) in [6.07, 6.45) is 1.55. The maximum atomic E-state index is 13.5. The first-order chi connectivity index (χ1) is 16.3. The van der Waals surface area contributed by atoms with E-state index in [1.807, 2.05) is 44.2 Å². The lowest BCUT2D eigenvalue weighted by Gasteiger charge is -2.25. The Kier molecular flexibility index (Phi) is 8.96. The molecule has 8 heteroatoms. The fourth-order valence-electron chi connectivity index (χ4n) is 3.48. The van der Waals surface area contributed by atoms with Crippen molar-refractivity contribution in [1.29, 1.82) is 0 Å². The van der Waals surface area contributed by atoms with Crippen molar-refractivity contribution in [3.05, 3.63) is 89.4 Å². The minimum atomic E-state index is -4.01.